The molecular weight excluding hydrogens is 568 g/mol. The van der Waals surface area contributed by atoms with Crippen LogP contribution in [0.1, 0.15) is 73.6 Å². The molecule has 0 spiro atoms. The molecule has 0 aromatic heterocycles. The van der Waals surface area contributed by atoms with Crippen molar-refractivity contribution in [1.82, 2.24) is 0 Å². The molecule has 0 aliphatic heterocycles. The van der Waals surface area contributed by atoms with Gasteiger partial charge in [-0.1, -0.05) is 62.7 Å². The first-order valence-electron chi connectivity index (χ1n) is 14.5. The SMILES string of the molecule is C=C(C)C(=O)OCCCCCCOc1ccc(-c2ccc(C(=O)Oc3ccc(C(=O)OCC(C)CC)cc3Cl)cc2)cc1. The van der Waals surface area contributed by atoms with Crippen LogP contribution in [-0.2, 0) is 14.3 Å². The number of unbranched alkanes of at least 4 members (excludes halogenated alkanes) is 3. The zero-order valence-electron chi connectivity index (χ0n) is 25.0. The van der Waals surface area contributed by atoms with E-state index in [2.05, 4.69) is 6.58 Å². The highest BCUT2D eigenvalue weighted by Crippen LogP contribution is 2.28. The molecule has 0 bridgehead atoms. The fourth-order valence-electron chi connectivity index (χ4n) is 3.87. The number of carbonyl (C=O) groups is 3. The van der Waals surface area contributed by atoms with Crippen LogP contribution in [0.4, 0.5) is 0 Å². The van der Waals surface area contributed by atoms with Crippen LogP contribution in [-0.4, -0.2) is 37.7 Å². The normalized spacial score (nSPS) is 11.3. The van der Waals surface area contributed by atoms with Crippen LogP contribution in [0.2, 0.25) is 5.02 Å². The number of hydrogen-bond donors (Lipinski definition) is 0. The number of hydrogen-bond acceptors (Lipinski definition) is 7. The molecule has 0 fully saturated rings. The number of halogens is 1. The topological polar surface area (TPSA) is 88.1 Å². The number of benzene rings is 3. The zero-order valence-corrected chi connectivity index (χ0v) is 25.8. The van der Waals surface area contributed by atoms with Crippen LogP contribution < -0.4 is 9.47 Å². The van der Waals surface area contributed by atoms with Gasteiger partial charge >= 0.3 is 17.9 Å². The summed E-state index contributed by atoms with van der Waals surface area (Å²) in [5.74, 6) is -0.156. The average molecular weight is 607 g/mol. The summed E-state index contributed by atoms with van der Waals surface area (Å²) < 4.78 is 21.7. The Labute approximate surface area is 258 Å². The predicted molar refractivity (Wildman–Crippen MR) is 168 cm³/mol. The van der Waals surface area contributed by atoms with Gasteiger partial charge in [-0.15, -0.1) is 0 Å². The van der Waals surface area contributed by atoms with Crippen LogP contribution in [0.3, 0.4) is 0 Å². The highest BCUT2D eigenvalue weighted by atomic mass is 35.5. The molecular formula is C35H39ClO7. The maximum Gasteiger partial charge on any atom is 0.343 e. The van der Waals surface area contributed by atoms with Crippen molar-refractivity contribution in [3.63, 3.8) is 0 Å². The van der Waals surface area contributed by atoms with Gasteiger partial charge in [0.1, 0.15) is 11.5 Å². The van der Waals surface area contributed by atoms with E-state index >= 15 is 0 Å². The Morgan fingerprint density at radius 2 is 1.40 bits per heavy atom. The molecule has 0 aliphatic carbocycles. The van der Waals surface area contributed by atoms with Gasteiger partial charge in [-0.3, -0.25) is 0 Å². The van der Waals surface area contributed by atoms with Gasteiger partial charge in [-0.25, -0.2) is 14.4 Å². The highest BCUT2D eigenvalue weighted by Gasteiger charge is 2.15. The Kier molecular flexibility index (Phi) is 13.3. The lowest BCUT2D eigenvalue weighted by molar-refractivity contribution is -0.139. The van der Waals surface area contributed by atoms with E-state index in [9.17, 15) is 14.4 Å². The van der Waals surface area contributed by atoms with Gasteiger partial charge in [-0.2, -0.15) is 0 Å². The van der Waals surface area contributed by atoms with Gasteiger partial charge < -0.3 is 18.9 Å². The van der Waals surface area contributed by atoms with Gasteiger partial charge in [0.05, 0.1) is 36.0 Å². The zero-order chi connectivity index (χ0) is 31.2. The summed E-state index contributed by atoms with van der Waals surface area (Å²) >= 11 is 6.28. The number of carbonyl (C=O) groups excluding carboxylic acids is 3. The molecule has 3 rings (SSSR count). The van der Waals surface area contributed by atoms with E-state index < -0.39 is 11.9 Å². The van der Waals surface area contributed by atoms with E-state index in [-0.39, 0.29) is 22.7 Å². The van der Waals surface area contributed by atoms with E-state index in [1.54, 1.807) is 19.1 Å². The third-order valence-electron chi connectivity index (χ3n) is 6.76. The summed E-state index contributed by atoms with van der Waals surface area (Å²) in [4.78, 5) is 36.3. The van der Waals surface area contributed by atoms with Crippen LogP contribution >= 0.6 is 11.6 Å². The van der Waals surface area contributed by atoms with Gasteiger partial charge in [0, 0.05) is 5.57 Å². The fourth-order valence-corrected chi connectivity index (χ4v) is 4.09. The molecule has 7 nitrogen and oxygen atoms in total. The molecule has 1 atom stereocenters. The van der Waals surface area contributed by atoms with E-state index in [0.717, 1.165) is 49.0 Å². The van der Waals surface area contributed by atoms with Crippen molar-refractivity contribution >= 4 is 29.5 Å². The quantitative estimate of drug-likeness (QED) is 0.0699. The summed E-state index contributed by atoms with van der Waals surface area (Å²) in [7, 11) is 0. The van der Waals surface area contributed by atoms with Crippen molar-refractivity contribution in [2.24, 2.45) is 5.92 Å². The maximum atomic E-state index is 12.7. The minimum absolute atomic E-state index is 0.145. The summed E-state index contributed by atoms with van der Waals surface area (Å²) in [6.45, 7) is 10.6. The van der Waals surface area contributed by atoms with Gasteiger partial charge in [-0.05, 0) is 92.1 Å². The predicted octanol–water partition coefficient (Wildman–Crippen LogP) is 8.49. The highest BCUT2D eigenvalue weighted by molar-refractivity contribution is 6.32. The maximum absolute atomic E-state index is 12.7. The molecule has 0 radical (unpaired) electrons. The first-order valence-corrected chi connectivity index (χ1v) is 14.9. The van der Waals surface area contributed by atoms with Crippen molar-refractivity contribution in [1.29, 1.82) is 0 Å². The van der Waals surface area contributed by atoms with E-state index in [1.807, 2.05) is 50.2 Å². The molecule has 0 aliphatic rings. The van der Waals surface area contributed by atoms with E-state index in [0.29, 0.717) is 36.5 Å². The molecule has 0 saturated carbocycles. The Hall–Kier alpha value is -4.10. The summed E-state index contributed by atoms with van der Waals surface area (Å²) in [5, 5.41) is 0.145. The standard InChI is InChI=1S/C35H39ClO7/c1-5-25(4)23-42-34(38)29-16-19-32(31(36)22-29)43-35(39)28-12-10-26(11-13-28)27-14-17-30(18-15-27)40-20-8-6-7-9-21-41-33(37)24(2)3/h10-19,22,25H,2,5-9,20-21,23H2,1,3-4H3. The number of rotatable bonds is 16. The third-order valence-corrected chi connectivity index (χ3v) is 7.06. The summed E-state index contributed by atoms with van der Waals surface area (Å²) in [6.07, 6.45) is 4.59. The molecule has 0 heterocycles. The molecule has 43 heavy (non-hydrogen) atoms. The van der Waals surface area contributed by atoms with E-state index in [1.165, 1.54) is 18.2 Å². The van der Waals surface area contributed by atoms with Crippen molar-refractivity contribution in [2.45, 2.75) is 52.9 Å². The monoisotopic (exact) mass is 606 g/mol. The second kappa shape index (κ2) is 17.1. The minimum atomic E-state index is -0.558. The lowest BCUT2D eigenvalue weighted by atomic mass is 10.0. The largest absolute Gasteiger partial charge is 0.494 e. The smallest absolute Gasteiger partial charge is 0.343 e. The lowest BCUT2D eigenvalue weighted by Crippen LogP contribution is -2.12. The van der Waals surface area contributed by atoms with Crippen LogP contribution in [0.5, 0.6) is 11.5 Å². The van der Waals surface area contributed by atoms with Crippen molar-refractivity contribution in [3.05, 3.63) is 95.0 Å². The lowest BCUT2D eigenvalue weighted by Gasteiger charge is -2.11. The van der Waals surface area contributed by atoms with Gasteiger partial charge in [0.25, 0.3) is 0 Å². The first kappa shape index (κ1) is 33.4. The summed E-state index contributed by atoms with van der Waals surface area (Å²) in [5.41, 5.74) is 3.00. The fraction of sp³-hybridized carbons (Fsp3) is 0.343. The Balaban J connectivity index is 1.44. The van der Waals surface area contributed by atoms with Crippen LogP contribution in [0.25, 0.3) is 11.1 Å². The molecule has 3 aromatic rings. The molecule has 0 amide bonds. The summed E-state index contributed by atoms with van der Waals surface area (Å²) in [6, 6.07) is 19.3. The van der Waals surface area contributed by atoms with E-state index in [4.69, 9.17) is 30.5 Å². The van der Waals surface area contributed by atoms with Gasteiger partial charge in [0.2, 0.25) is 0 Å². The van der Waals surface area contributed by atoms with Gasteiger partial charge in [0.15, 0.2) is 0 Å². The first-order chi connectivity index (χ1) is 20.7. The molecule has 1 unspecified atom stereocenters. The second-order valence-electron chi connectivity index (χ2n) is 10.4. The molecule has 0 N–H and O–H groups in total. The average Bonchev–Trinajstić information content (AvgIpc) is 3.02. The van der Waals surface area contributed by atoms with Crippen LogP contribution in [0, 0.1) is 5.92 Å². The second-order valence-corrected chi connectivity index (χ2v) is 10.8. The number of ether oxygens (including phenoxy) is 4. The molecule has 3 aromatic carbocycles. The molecule has 228 valence electrons. The Morgan fingerprint density at radius 3 is 2.00 bits per heavy atom. The Morgan fingerprint density at radius 1 is 0.791 bits per heavy atom. The van der Waals surface area contributed by atoms with Crippen molar-refractivity contribution < 1.29 is 33.3 Å². The molecule has 8 heteroatoms. The van der Waals surface area contributed by atoms with Crippen molar-refractivity contribution in [3.8, 4) is 22.6 Å². The van der Waals surface area contributed by atoms with Crippen molar-refractivity contribution in [2.75, 3.05) is 19.8 Å². The van der Waals surface area contributed by atoms with Crippen LogP contribution in [0.15, 0.2) is 78.9 Å². The Bertz CT molecular complexity index is 1380. The molecule has 0 saturated heterocycles. The minimum Gasteiger partial charge on any atom is -0.494 e. The number of esters is 3. The third kappa shape index (κ3) is 10.9.